The van der Waals surface area contributed by atoms with Crippen LogP contribution in [0.25, 0.3) is 0 Å². The van der Waals surface area contributed by atoms with E-state index in [1.807, 2.05) is 38.1 Å². The van der Waals surface area contributed by atoms with Gasteiger partial charge in [0.2, 0.25) is 0 Å². The van der Waals surface area contributed by atoms with Gasteiger partial charge in [0.25, 0.3) is 0 Å². The van der Waals surface area contributed by atoms with E-state index < -0.39 is 0 Å². The highest BCUT2D eigenvalue weighted by atomic mass is 35.5. The molecule has 1 heterocycles. The van der Waals surface area contributed by atoms with Crippen LogP contribution in [0.5, 0.6) is 0 Å². The molecule has 0 aliphatic heterocycles. The normalized spacial score (nSPS) is 12.7. The molecular weight excluding hydrogens is 248 g/mol. The van der Waals surface area contributed by atoms with Gasteiger partial charge in [0.05, 0.1) is 12.3 Å². The Morgan fingerprint density at radius 2 is 2.11 bits per heavy atom. The van der Waals surface area contributed by atoms with Gasteiger partial charge in [-0.25, -0.2) is 5.43 Å². The van der Waals surface area contributed by atoms with E-state index in [2.05, 4.69) is 5.43 Å². The Kier molecular flexibility index (Phi) is 4.07. The zero-order chi connectivity index (χ0) is 13.1. The number of hydrazine groups is 1. The minimum absolute atomic E-state index is 0.0693. The van der Waals surface area contributed by atoms with Crippen molar-refractivity contribution in [2.45, 2.75) is 26.3 Å². The highest BCUT2D eigenvalue weighted by molar-refractivity contribution is 6.31. The summed E-state index contributed by atoms with van der Waals surface area (Å²) in [5.74, 6) is 6.46. The summed E-state index contributed by atoms with van der Waals surface area (Å²) in [7, 11) is 0. The first-order valence-electron chi connectivity index (χ1n) is 5.87. The summed E-state index contributed by atoms with van der Waals surface area (Å²) in [5, 5.41) is 0.763. The molecule has 18 heavy (non-hydrogen) atoms. The highest BCUT2D eigenvalue weighted by Gasteiger charge is 2.17. The van der Waals surface area contributed by atoms with Gasteiger partial charge in [0.1, 0.15) is 5.76 Å². The molecule has 1 aromatic heterocycles. The van der Waals surface area contributed by atoms with Crippen molar-refractivity contribution in [3.8, 4) is 0 Å². The van der Waals surface area contributed by atoms with Crippen LogP contribution in [0.4, 0.5) is 0 Å². The smallest absolute Gasteiger partial charge is 0.125 e. The monoisotopic (exact) mass is 264 g/mol. The van der Waals surface area contributed by atoms with E-state index in [1.165, 1.54) is 0 Å². The van der Waals surface area contributed by atoms with Crippen molar-refractivity contribution in [3.05, 3.63) is 58.0 Å². The number of benzene rings is 1. The standard InChI is InChI=1S/C14H17ClN2O/c1-9-3-4-11(12(15)7-9)8-13(17-16)14-10(2)5-6-18-14/h3-7,13,17H,8,16H2,1-2H3. The van der Waals surface area contributed by atoms with Gasteiger partial charge in [-0.1, -0.05) is 23.7 Å². The van der Waals surface area contributed by atoms with E-state index in [-0.39, 0.29) is 6.04 Å². The van der Waals surface area contributed by atoms with Crippen LogP contribution in [-0.2, 0) is 6.42 Å². The van der Waals surface area contributed by atoms with E-state index in [0.29, 0.717) is 6.42 Å². The number of hydrogen-bond donors (Lipinski definition) is 2. The van der Waals surface area contributed by atoms with Crippen molar-refractivity contribution in [1.82, 2.24) is 5.43 Å². The average Bonchev–Trinajstić information content (AvgIpc) is 2.75. The number of furan rings is 1. The Hall–Kier alpha value is -1.29. The second-order valence-electron chi connectivity index (χ2n) is 4.49. The fraction of sp³-hybridized carbons (Fsp3) is 0.286. The largest absolute Gasteiger partial charge is 0.467 e. The number of aryl methyl sites for hydroxylation is 2. The Labute approximate surface area is 112 Å². The van der Waals surface area contributed by atoms with Crippen LogP contribution in [0.15, 0.2) is 34.9 Å². The van der Waals surface area contributed by atoms with Crippen LogP contribution in [0.1, 0.15) is 28.5 Å². The fourth-order valence-electron chi connectivity index (χ4n) is 2.01. The molecule has 0 saturated heterocycles. The fourth-order valence-corrected chi connectivity index (χ4v) is 2.32. The maximum absolute atomic E-state index is 6.23. The van der Waals surface area contributed by atoms with Crippen molar-refractivity contribution in [3.63, 3.8) is 0 Å². The van der Waals surface area contributed by atoms with Crippen molar-refractivity contribution in [2.75, 3.05) is 0 Å². The number of rotatable bonds is 4. The average molecular weight is 265 g/mol. The third-order valence-corrected chi connectivity index (χ3v) is 3.40. The second kappa shape index (κ2) is 5.57. The molecule has 0 fully saturated rings. The number of nitrogens with two attached hydrogens (primary N) is 1. The molecule has 96 valence electrons. The Bertz CT molecular complexity index is 536. The molecular formula is C14H17ClN2O. The molecule has 3 nitrogen and oxygen atoms in total. The van der Waals surface area contributed by atoms with E-state index in [4.69, 9.17) is 21.9 Å². The van der Waals surface area contributed by atoms with E-state index in [9.17, 15) is 0 Å². The lowest BCUT2D eigenvalue weighted by Crippen LogP contribution is -2.29. The lowest BCUT2D eigenvalue weighted by atomic mass is 10.0. The van der Waals surface area contributed by atoms with Crippen molar-refractivity contribution < 1.29 is 4.42 Å². The molecule has 0 aliphatic carbocycles. The maximum Gasteiger partial charge on any atom is 0.125 e. The molecule has 0 amide bonds. The lowest BCUT2D eigenvalue weighted by molar-refractivity contribution is 0.413. The molecule has 0 aliphatic rings. The Balaban J connectivity index is 2.23. The molecule has 2 aromatic rings. The topological polar surface area (TPSA) is 51.2 Å². The van der Waals surface area contributed by atoms with Gasteiger partial charge in [-0.15, -0.1) is 0 Å². The first kappa shape index (κ1) is 13.1. The van der Waals surface area contributed by atoms with Gasteiger partial charge >= 0.3 is 0 Å². The summed E-state index contributed by atoms with van der Waals surface area (Å²) in [6, 6.07) is 7.89. The third kappa shape index (κ3) is 2.75. The lowest BCUT2D eigenvalue weighted by Gasteiger charge is -2.15. The molecule has 1 atom stereocenters. The summed E-state index contributed by atoms with van der Waals surface area (Å²) in [6.07, 6.45) is 2.37. The Morgan fingerprint density at radius 1 is 1.33 bits per heavy atom. The predicted molar refractivity (Wildman–Crippen MR) is 73.4 cm³/mol. The van der Waals surface area contributed by atoms with Crippen molar-refractivity contribution >= 4 is 11.6 Å². The van der Waals surface area contributed by atoms with Gasteiger partial charge in [-0.2, -0.15) is 0 Å². The molecule has 4 heteroatoms. The number of halogens is 1. The zero-order valence-corrected chi connectivity index (χ0v) is 11.3. The van der Waals surface area contributed by atoms with Crippen LogP contribution in [0.3, 0.4) is 0 Å². The van der Waals surface area contributed by atoms with E-state index >= 15 is 0 Å². The minimum Gasteiger partial charge on any atom is -0.467 e. The van der Waals surface area contributed by atoms with Gasteiger partial charge in [-0.05, 0) is 49.1 Å². The first-order valence-corrected chi connectivity index (χ1v) is 6.24. The molecule has 2 rings (SSSR count). The SMILES string of the molecule is Cc1ccc(CC(NN)c2occc2C)c(Cl)c1. The van der Waals surface area contributed by atoms with Crippen LogP contribution >= 0.6 is 11.6 Å². The zero-order valence-electron chi connectivity index (χ0n) is 10.5. The highest BCUT2D eigenvalue weighted by Crippen LogP contribution is 2.26. The molecule has 1 unspecified atom stereocenters. The first-order chi connectivity index (χ1) is 8.61. The van der Waals surface area contributed by atoms with Gasteiger partial charge < -0.3 is 4.42 Å². The predicted octanol–water partition coefficient (Wildman–Crippen LogP) is 3.30. The van der Waals surface area contributed by atoms with Gasteiger partial charge in [0, 0.05) is 5.02 Å². The quantitative estimate of drug-likeness (QED) is 0.658. The van der Waals surface area contributed by atoms with E-state index in [1.54, 1.807) is 6.26 Å². The van der Waals surface area contributed by atoms with Crippen molar-refractivity contribution in [1.29, 1.82) is 0 Å². The summed E-state index contributed by atoms with van der Waals surface area (Å²) in [4.78, 5) is 0. The minimum atomic E-state index is -0.0693. The summed E-state index contributed by atoms with van der Waals surface area (Å²) < 4.78 is 5.47. The molecule has 1 aromatic carbocycles. The molecule has 0 radical (unpaired) electrons. The number of hydrogen-bond acceptors (Lipinski definition) is 3. The molecule has 0 bridgehead atoms. The van der Waals surface area contributed by atoms with Crippen LogP contribution < -0.4 is 11.3 Å². The van der Waals surface area contributed by atoms with Gasteiger partial charge in [-0.3, -0.25) is 5.84 Å². The summed E-state index contributed by atoms with van der Waals surface area (Å²) in [6.45, 7) is 4.02. The van der Waals surface area contributed by atoms with Crippen LogP contribution in [0, 0.1) is 13.8 Å². The third-order valence-electron chi connectivity index (χ3n) is 3.05. The van der Waals surface area contributed by atoms with Crippen molar-refractivity contribution in [2.24, 2.45) is 5.84 Å². The van der Waals surface area contributed by atoms with Crippen LogP contribution in [0.2, 0.25) is 5.02 Å². The molecule has 0 spiro atoms. The van der Waals surface area contributed by atoms with E-state index in [0.717, 1.165) is 27.5 Å². The Morgan fingerprint density at radius 3 is 2.67 bits per heavy atom. The number of nitrogens with one attached hydrogen (secondary N) is 1. The van der Waals surface area contributed by atoms with Crippen LogP contribution in [-0.4, -0.2) is 0 Å². The molecule has 3 N–H and O–H groups in total. The summed E-state index contributed by atoms with van der Waals surface area (Å²) >= 11 is 6.23. The second-order valence-corrected chi connectivity index (χ2v) is 4.89. The summed E-state index contributed by atoms with van der Waals surface area (Å²) in [5.41, 5.74) is 6.07. The molecule has 0 saturated carbocycles. The maximum atomic E-state index is 6.23. The van der Waals surface area contributed by atoms with Gasteiger partial charge in [0.15, 0.2) is 0 Å².